The van der Waals surface area contributed by atoms with Crippen molar-refractivity contribution in [2.45, 2.75) is 39.2 Å². The van der Waals surface area contributed by atoms with E-state index in [0.717, 1.165) is 0 Å². The van der Waals surface area contributed by atoms with Gasteiger partial charge in [-0.15, -0.1) is 0 Å². The lowest BCUT2D eigenvalue weighted by molar-refractivity contribution is -0.159. The van der Waals surface area contributed by atoms with Crippen LogP contribution in [0.4, 0.5) is 0 Å². The van der Waals surface area contributed by atoms with Crippen molar-refractivity contribution in [1.29, 1.82) is 0 Å². The van der Waals surface area contributed by atoms with Crippen LogP contribution in [0.5, 0.6) is 0 Å². The molecule has 0 amide bonds. The van der Waals surface area contributed by atoms with Crippen LogP contribution in [0.2, 0.25) is 0 Å². The van der Waals surface area contributed by atoms with Crippen LogP contribution in [0.15, 0.2) is 11.3 Å². The maximum Gasteiger partial charge on any atom is 0.345 e. The number of hydrogen-bond acceptors (Lipinski definition) is 5. The molecule has 1 aliphatic heterocycles. The summed E-state index contributed by atoms with van der Waals surface area (Å²) < 4.78 is 4.97. The van der Waals surface area contributed by atoms with Crippen LogP contribution < -0.4 is 0 Å². The molecular formula is C11H14O5. The number of hydrogen-bond donors (Lipinski definition) is 1. The first-order chi connectivity index (χ1) is 7.23. The Kier molecular flexibility index (Phi) is 3.16. The second-order valence-electron chi connectivity index (χ2n) is 4.45. The number of esters is 1. The fraction of sp³-hybridized carbons (Fsp3) is 0.545. The molecular weight excluding hydrogens is 212 g/mol. The average Bonchev–Trinajstić information content (AvgIpc) is 1.96. The molecule has 0 aromatic rings. The molecule has 0 aromatic carbocycles. The summed E-state index contributed by atoms with van der Waals surface area (Å²) in [7, 11) is 0. The number of carbonyl (C=O) groups excluding carboxylic acids is 3. The summed E-state index contributed by atoms with van der Waals surface area (Å²) in [5.41, 5.74) is -1.25. The molecule has 0 unspecified atom stereocenters. The molecule has 0 aromatic heterocycles. The molecule has 1 aliphatic rings. The highest BCUT2D eigenvalue weighted by Crippen LogP contribution is 2.27. The average molecular weight is 226 g/mol. The van der Waals surface area contributed by atoms with Crippen molar-refractivity contribution < 1.29 is 24.2 Å². The lowest BCUT2D eigenvalue weighted by atomic mass is 9.92. The van der Waals surface area contributed by atoms with Gasteiger partial charge in [-0.05, 0) is 20.8 Å². The SMILES string of the molecule is CC(=O)C/C(O)=C1\C(=O)CC(C)(C)OC1=O. The Labute approximate surface area is 93.1 Å². The van der Waals surface area contributed by atoms with Crippen molar-refractivity contribution in [2.75, 3.05) is 0 Å². The highest BCUT2D eigenvalue weighted by Gasteiger charge is 2.39. The van der Waals surface area contributed by atoms with Crippen molar-refractivity contribution in [3.05, 3.63) is 11.3 Å². The van der Waals surface area contributed by atoms with Crippen LogP contribution in [0.3, 0.4) is 0 Å². The predicted octanol–water partition coefficient (Wildman–Crippen LogP) is 1.07. The summed E-state index contributed by atoms with van der Waals surface area (Å²) in [6, 6.07) is 0. The number of rotatable bonds is 2. The Morgan fingerprint density at radius 1 is 1.44 bits per heavy atom. The van der Waals surface area contributed by atoms with Gasteiger partial charge in [0.05, 0.1) is 12.8 Å². The zero-order chi connectivity index (χ0) is 12.5. The number of carbonyl (C=O) groups is 3. The van der Waals surface area contributed by atoms with E-state index in [-0.39, 0.29) is 18.6 Å². The van der Waals surface area contributed by atoms with Gasteiger partial charge in [0.15, 0.2) is 5.78 Å². The molecule has 88 valence electrons. The fourth-order valence-corrected chi connectivity index (χ4v) is 1.53. The first-order valence-electron chi connectivity index (χ1n) is 4.91. The number of ether oxygens (including phenoxy) is 1. The predicted molar refractivity (Wildman–Crippen MR) is 54.7 cm³/mol. The Morgan fingerprint density at radius 3 is 2.44 bits per heavy atom. The molecule has 1 N–H and O–H groups in total. The summed E-state index contributed by atoms with van der Waals surface area (Å²) in [4.78, 5) is 33.9. The standard InChI is InChI=1S/C11H14O5/c1-6(12)4-7(13)9-8(14)5-11(2,3)16-10(9)15/h13H,4-5H2,1-3H3/b9-7-. The van der Waals surface area contributed by atoms with Gasteiger partial charge in [-0.2, -0.15) is 0 Å². The molecule has 1 rings (SSSR count). The number of aliphatic hydroxyl groups is 1. The minimum Gasteiger partial charge on any atom is -0.511 e. The van der Waals surface area contributed by atoms with Gasteiger partial charge in [0, 0.05) is 0 Å². The Morgan fingerprint density at radius 2 is 2.00 bits per heavy atom. The number of ketones is 2. The lowest BCUT2D eigenvalue weighted by Crippen LogP contribution is -2.39. The van der Waals surface area contributed by atoms with Gasteiger partial charge in [0.1, 0.15) is 22.7 Å². The van der Waals surface area contributed by atoms with Crippen molar-refractivity contribution in [3.8, 4) is 0 Å². The first-order valence-corrected chi connectivity index (χ1v) is 4.91. The maximum atomic E-state index is 11.6. The number of aliphatic hydroxyl groups excluding tert-OH is 1. The molecule has 0 bridgehead atoms. The van der Waals surface area contributed by atoms with E-state index in [0.29, 0.717) is 0 Å². The van der Waals surface area contributed by atoms with E-state index in [9.17, 15) is 19.5 Å². The van der Waals surface area contributed by atoms with Crippen LogP contribution in [0, 0.1) is 0 Å². The van der Waals surface area contributed by atoms with Crippen molar-refractivity contribution in [1.82, 2.24) is 0 Å². The zero-order valence-electron chi connectivity index (χ0n) is 9.49. The van der Waals surface area contributed by atoms with Gasteiger partial charge in [-0.25, -0.2) is 4.79 Å². The van der Waals surface area contributed by atoms with Gasteiger partial charge in [0.25, 0.3) is 0 Å². The van der Waals surface area contributed by atoms with Gasteiger partial charge >= 0.3 is 5.97 Å². The van der Waals surface area contributed by atoms with Gasteiger partial charge in [-0.3, -0.25) is 9.59 Å². The van der Waals surface area contributed by atoms with Crippen molar-refractivity contribution >= 4 is 17.5 Å². The third-order valence-electron chi connectivity index (χ3n) is 2.14. The highest BCUT2D eigenvalue weighted by molar-refractivity contribution is 6.19. The highest BCUT2D eigenvalue weighted by atomic mass is 16.6. The maximum absolute atomic E-state index is 11.6. The van der Waals surface area contributed by atoms with E-state index < -0.39 is 28.7 Å². The van der Waals surface area contributed by atoms with E-state index in [2.05, 4.69) is 0 Å². The van der Waals surface area contributed by atoms with Crippen LogP contribution in [0.25, 0.3) is 0 Å². The molecule has 5 nitrogen and oxygen atoms in total. The van der Waals surface area contributed by atoms with E-state index in [1.54, 1.807) is 13.8 Å². The summed E-state index contributed by atoms with van der Waals surface area (Å²) in [5.74, 6) is -2.17. The topological polar surface area (TPSA) is 80.7 Å². The minimum atomic E-state index is -0.861. The number of Topliss-reactive ketones (excluding diaryl/α,β-unsaturated/α-hetero) is 2. The van der Waals surface area contributed by atoms with Crippen LogP contribution in [-0.4, -0.2) is 28.2 Å². The summed E-state index contributed by atoms with van der Waals surface area (Å²) in [6.45, 7) is 4.49. The Balaban J connectivity index is 3.03. The van der Waals surface area contributed by atoms with E-state index in [1.165, 1.54) is 6.92 Å². The molecule has 0 saturated carbocycles. The van der Waals surface area contributed by atoms with E-state index in [4.69, 9.17) is 4.74 Å². The van der Waals surface area contributed by atoms with E-state index >= 15 is 0 Å². The first kappa shape index (κ1) is 12.4. The minimum absolute atomic E-state index is 0.00996. The molecule has 1 saturated heterocycles. The Bertz CT molecular complexity index is 367. The van der Waals surface area contributed by atoms with Crippen molar-refractivity contribution in [3.63, 3.8) is 0 Å². The molecule has 0 spiro atoms. The second kappa shape index (κ2) is 4.08. The normalized spacial score (nSPS) is 22.7. The van der Waals surface area contributed by atoms with Gasteiger partial charge in [0.2, 0.25) is 0 Å². The van der Waals surface area contributed by atoms with Gasteiger partial charge in [-0.1, -0.05) is 0 Å². The van der Waals surface area contributed by atoms with Crippen LogP contribution in [-0.2, 0) is 19.1 Å². The molecule has 0 atom stereocenters. The smallest absolute Gasteiger partial charge is 0.345 e. The number of allylic oxidation sites excluding steroid dienone is 1. The third kappa shape index (κ3) is 2.68. The zero-order valence-corrected chi connectivity index (χ0v) is 9.49. The summed E-state index contributed by atoms with van der Waals surface area (Å²) >= 11 is 0. The quantitative estimate of drug-likeness (QED) is 0.329. The molecule has 5 heteroatoms. The van der Waals surface area contributed by atoms with Crippen molar-refractivity contribution in [2.24, 2.45) is 0 Å². The molecule has 1 fully saturated rings. The third-order valence-corrected chi connectivity index (χ3v) is 2.14. The monoisotopic (exact) mass is 226 g/mol. The fourth-order valence-electron chi connectivity index (χ4n) is 1.53. The Hall–Kier alpha value is -1.65. The molecule has 0 radical (unpaired) electrons. The second-order valence-corrected chi connectivity index (χ2v) is 4.45. The molecule has 16 heavy (non-hydrogen) atoms. The van der Waals surface area contributed by atoms with Gasteiger partial charge < -0.3 is 9.84 Å². The summed E-state index contributed by atoms with van der Waals surface area (Å²) in [6.07, 6.45) is -0.313. The van der Waals surface area contributed by atoms with Crippen LogP contribution in [0.1, 0.15) is 33.6 Å². The number of cyclic esters (lactones) is 1. The largest absolute Gasteiger partial charge is 0.511 e. The lowest BCUT2D eigenvalue weighted by Gasteiger charge is -2.29. The molecule has 0 aliphatic carbocycles. The van der Waals surface area contributed by atoms with Crippen LogP contribution >= 0.6 is 0 Å². The summed E-state index contributed by atoms with van der Waals surface area (Å²) in [5, 5.41) is 9.49. The molecule has 1 heterocycles. The van der Waals surface area contributed by atoms with E-state index in [1.807, 2.05) is 0 Å².